The molecule has 1 aromatic carbocycles. The molecule has 1 N–H and O–H groups in total. The first-order chi connectivity index (χ1) is 9.88. The first-order valence-corrected chi connectivity index (χ1v) is 7.11. The molecule has 0 aliphatic heterocycles. The van der Waals surface area contributed by atoms with E-state index in [0.717, 1.165) is 16.0 Å². The number of thiophene rings is 1. The Bertz CT molecular complexity index is 758. The maximum atomic E-state index is 8.59. The summed E-state index contributed by atoms with van der Waals surface area (Å²) in [5.41, 5.74) is 1.18. The molecule has 5 heteroatoms. The van der Waals surface area contributed by atoms with Crippen molar-refractivity contribution in [3.05, 3.63) is 42.7 Å². The van der Waals surface area contributed by atoms with Gasteiger partial charge in [-0.3, -0.25) is 0 Å². The number of aromatic nitrogens is 2. The highest BCUT2D eigenvalue weighted by Crippen LogP contribution is 2.34. The summed E-state index contributed by atoms with van der Waals surface area (Å²) in [6, 6.07) is 14.4. The van der Waals surface area contributed by atoms with Crippen molar-refractivity contribution >= 4 is 27.4 Å². The van der Waals surface area contributed by atoms with Crippen LogP contribution in [0.15, 0.2) is 42.7 Å². The number of nitrogens with zero attached hydrogens (tertiary/aromatic N) is 3. The van der Waals surface area contributed by atoms with E-state index in [0.29, 0.717) is 13.0 Å². The molecular weight excluding hydrogens is 268 g/mol. The zero-order valence-corrected chi connectivity index (χ0v) is 11.5. The smallest absolute Gasteiger partial charge is 0.138 e. The number of nitriles is 1. The van der Waals surface area contributed by atoms with Crippen LogP contribution in [0.5, 0.6) is 0 Å². The monoisotopic (exact) mass is 280 g/mol. The molecule has 0 spiro atoms. The Kier molecular flexibility index (Phi) is 3.57. The summed E-state index contributed by atoms with van der Waals surface area (Å²) in [5.74, 6) is 0.795. The van der Waals surface area contributed by atoms with Crippen molar-refractivity contribution in [3.8, 4) is 16.5 Å². The quantitative estimate of drug-likeness (QED) is 0.740. The Balaban J connectivity index is 1.99. The average Bonchev–Trinajstić information content (AvgIpc) is 2.93. The van der Waals surface area contributed by atoms with Crippen LogP contribution in [0.3, 0.4) is 0 Å². The summed E-state index contributed by atoms with van der Waals surface area (Å²) < 4.78 is 0. The third-order valence-electron chi connectivity index (χ3n) is 2.92. The number of nitrogens with one attached hydrogen (secondary N) is 1. The maximum Gasteiger partial charge on any atom is 0.138 e. The molecule has 2 heterocycles. The lowest BCUT2D eigenvalue weighted by molar-refractivity contribution is 1.05. The molecule has 20 heavy (non-hydrogen) atoms. The van der Waals surface area contributed by atoms with Crippen LogP contribution in [-0.2, 0) is 0 Å². The van der Waals surface area contributed by atoms with Crippen LogP contribution in [0.4, 0.5) is 5.82 Å². The topological polar surface area (TPSA) is 61.6 Å². The van der Waals surface area contributed by atoms with Crippen LogP contribution in [0.25, 0.3) is 20.7 Å². The molecule has 0 unspecified atom stereocenters. The summed E-state index contributed by atoms with van der Waals surface area (Å²) >= 11 is 1.65. The van der Waals surface area contributed by atoms with Crippen LogP contribution in [0.1, 0.15) is 6.42 Å². The number of benzene rings is 1. The normalized spacial score (nSPS) is 10.3. The molecule has 2 aromatic heterocycles. The second kappa shape index (κ2) is 5.68. The third kappa shape index (κ3) is 2.46. The second-order valence-corrected chi connectivity index (χ2v) is 5.28. The standard InChI is InChI=1S/C15H12N4S/c16-7-4-8-17-14-12-9-13(11-5-2-1-3-6-11)20-15(12)19-10-18-14/h1-3,5-6,9-10H,4,8H2,(H,17,18,19). The molecule has 0 aliphatic carbocycles. The van der Waals surface area contributed by atoms with E-state index >= 15 is 0 Å². The van der Waals surface area contributed by atoms with E-state index in [2.05, 4.69) is 39.6 Å². The van der Waals surface area contributed by atoms with Gasteiger partial charge in [0.05, 0.1) is 17.9 Å². The van der Waals surface area contributed by atoms with Crippen molar-refractivity contribution in [1.29, 1.82) is 5.26 Å². The summed E-state index contributed by atoms with van der Waals surface area (Å²) in [6.07, 6.45) is 2.02. The van der Waals surface area contributed by atoms with Gasteiger partial charge in [0, 0.05) is 11.4 Å². The molecule has 0 atom stereocenters. The van der Waals surface area contributed by atoms with E-state index in [1.807, 2.05) is 18.2 Å². The maximum absolute atomic E-state index is 8.59. The zero-order valence-electron chi connectivity index (χ0n) is 10.7. The Morgan fingerprint density at radius 1 is 1.20 bits per heavy atom. The van der Waals surface area contributed by atoms with E-state index in [-0.39, 0.29) is 0 Å². The van der Waals surface area contributed by atoms with Crippen molar-refractivity contribution in [2.24, 2.45) is 0 Å². The minimum atomic E-state index is 0.459. The molecule has 0 fully saturated rings. The fourth-order valence-electron chi connectivity index (χ4n) is 1.98. The minimum absolute atomic E-state index is 0.459. The van der Waals surface area contributed by atoms with Crippen molar-refractivity contribution in [3.63, 3.8) is 0 Å². The average molecular weight is 280 g/mol. The SMILES string of the molecule is N#CCCNc1ncnc2sc(-c3ccccc3)cc12. The molecule has 0 bridgehead atoms. The second-order valence-electron chi connectivity index (χ2n) is 4.25. The van der Waals surface area contributed by atoms with Gasteiger partial charge in [0.15, 0.2) is 0 Å². The van der Waals surface area contributed by atoms with E-state index in [1.165, 1.54) is 10.4 Å². The van der Waals surface area contributed by atoms with Gasteiger partial charge in [-0.15, -0.1) is 11.3 Å². The van der Waals surface area contributed by atoms with Crippen molar-refractivity contribution in [2.75, 3.05) is 11.9 Å². The first kappa shape index (κ1) is 12.6. The van der Waals surface area contributed by atoms with Crippen molar-refractivity contribution < 1.29 is 0 Å². The number of hydrogen-bond donors (Lipinski definition) is 1. The number of anilines is 1. The molecular formula is C15H12N4S. The molecule has 0 saturated carbocycles. The molecule has 0 radical (unpaired) electrons. The van der Waals surface area contributed by atoms with Gasteiger partial charge < -0.3 is 5.32 Å². The van der Waals surface area contributed by atoms with Gasteiger partial charge in [0.2, 0.25) is 0 Å². The van der Waals surface area contributed by atoms with E-state index in [1.54, 1.807) is 17.7 Å². The Morgan fingerprint density at radius 2 is 2.05 bits per heavy atom. The number of fused-ring (bicyclic) bond motifs is 1. The molecule has 4 nitrogen and oxygen atoms in total. The Morgan fingerprint density at radius 3 is 2.85 bits per heavy atom. The van der Waals surface area contributed by atoms with Crippen LogP contribution in [0, 0.1) is 11.3 Å². The van der Waals surface area contributed by atoms with Gasteiger partial charge >= 0.3 is 0 Å². The minimum Gasteiger partial charge on any atom is -0.368 e. The van der Waals surface area contributed by atoms with Crippen LogP contribution in [-0.4, -0.2) is 16.5 Å². The Labute approximate surface area is 120 Å². The summed E-state index contributed by atoms with van der Waals surface area (Å²) in [4.78, 5) is 10.7. The van der Waals surface area contributed by atoms with Gasteiger partial charge in [0.25, 0.3) is 0 Å². The fourth-order valence-corrected chi connectivity index (χ4v) is 2.98. The summed E-state index contributed by atoms with van der Waals surface area (Å²) in [5, 5.41) is 12.8. The molecule has 98 valence electrons. The van der Waals surface area contributed by atoms with Gasteiger partial charge in [-0.25, -0.2) is 9.97 Å². The third-order valence-corrected chi connectivity index (χ3v) is 4.01. The molecule has 0 amide bonds. The van der Waals surface area contributed by atoms with Crippen LogP contribution < -0.4 is 5.32 Å². The van der Waals surface area contributed by atoms with Gasteiger partial charge in [0.1, 0.15) is 17.0 Å². The van der Waals surface area contributed by atoms with Gasteiger partial charge in [-0.2, -0.15) is 5.26 Å². The predicted octanol–water partition coefficient (Wildman–Crippen LogP) is 3.68. The summed E-state index contributed by atoms with van der Waals surface area (Å²) in [7, 11) is 0. The molecule has 3 aromatic rings. The van der Waals surface area contributed by atoms with Crippen LogP contribution >= 0.6 is 11.3 Å². The van der Waals surface area contributed by atoms with Crippen molar-refractivity contribution in [1.82, 2.24) is 9.97 Å². The van der Waals surface area contributed by atoms with Crippen LogP contribution in [0.2, 0.25) is 0 Å². The summed E-state index contributed by atoms with van der Waals surface area (Å²) in [6.45, 7) is 0.596. The highest BCUT2D eigenvalue weighted by Gasteiger charge is 2.09. The fraction of sp³-hybridized carbons (Fsp3) is 0.133. The lowest BCUT2D eigenvalue weighted by atomic mass is 10.2. The molecule has 3 rings (SSSR count). The van der Waals surface area contributed by atoms with Crippen molar-refractivity contribution in [2.45, 2.75) is 6.42 Å². The lowest BCUT2D eigenvalue weighted by Crippen LogP contribution is -2.02. The largest absolute Gasteiger partial charge is 0.368 e. The van der Waals surface area contributed by atoms with Gasteiger partial charge in [-0.1, -0.05) is 30.3 Å². The molecule has 0 aliphatic rings. The highest BCUT2D eigenvalue weighted by atomic mass is 32.1. The number of rotatable bonds is 4. The highest BCUT2D eigenvalue weighted by molar-refractivity contribution is 7.21. The number of hydrogen-bond acceptors (Lipinski definition) is 5. The zero-order chi connectivity index (χ0) is 13.8. The lowest BCUT2D eigenvalue weighted by Gasteiger charge is -2.02. The molecule has 0 saturated heterocycles. The van der Waals surface area contributed by atoms with E-state index in [9.17, 15) is 0 Å². The Hall–Kier alpha value is -2.45. The predicted molar refractivity (Wildman–Crippen MR) is 81.6 cm³/mol. The van der Waals surface area contributed by atoms with Gasteiger partial charge in [-0.05, 0) is 11.6 Å². The first-order valence-electron chi connectivity index (χ1n) is 6.29. The van der Waals surface area contributed by atoms with E-state index < -0.39 is 0 Å². The van der Waals surface area contributed by atoms with E-state index in [4.69, 9.17) is 5.26 Å².